The summed E-state index contributed by atoms with van der Waals surface area (Å²) in [6.07, 6.45) is 7.16. The van der Waals surface area contributed by atoms with Crippen molar-refractivity contribution in [2.45, 2.75) is 79.5 Å². The number of unbranched alkanes of at least 4 members (excludes halogenated alkanes) is 3. The second-order valence-corrected chi connectivity index (χ2v) is 21.2. The zero-order chi connectivity index (χ0) is 19.6. The first-order valence-corrected chi connectivity index (χ1v) is 18.4. The van der Waals surface area contributed by atoms with Gasteiger partial charge in [0.15, 0.2) is 0 Å². The molecule has 1 aliphatic carbocycles. The second kappa shape index (κ2) is 12.8. The van der Waals surface area contributed by atoms with E-state index in [1.165, 1.54) is 51.8 Å². The molecule has 2 nitrogen and oxygen atoms in total. The van der Waals surface area contributed by atoms with E-state index in [0.29, 0.717) is 28.9 Å². The summed E-state index contributed by atoms with van der Waals surface area (Å²) in [6, 6.07) is 0. The number of hydrogen-bond acceptors (Lipinski definition) is 2. The molecule has 0 saturated heterocycles. The van der Waals surface area contributed by atoms with Gasteiger partial charge in [0.1, 0.15) is 0 Å². The molecular weight excluding hydrogens is 434 g/mol. The van der Waals surface area contributed by atoms with Crippen LogP contribution in [0, 0.1) is 17.8 Å². The van der Waals surface area contributed by atoms with E-state index >= 15 is 4.39 Å². The first-order chi connectivity index (χ1) is 12.5. The average Bonchev–Trinajstić information content (AvgIpc) is 2.65. The Hall–Kier alpha value is 0.389. The van der Waals surface area contributed by atoms with Crippen molar-refractivity contribution in [3.63, 3.8) is 0 Å². The molecule has 0 aromatic rings. The van der Waals surface area contributed by atoms with Gasteiger partial charge in [-0.25, -0.2) is 0 Å². The number of rotatable bonds is 14. The summed E-state index contributed by atoms with van der Waals surface area (Å²) < 4.78 is 31.2. The minimum atomic E-state index is -2.96. The van der Waals surface area contributed by atoms with Crippen LogP contribution in [0.3, 0.4) is 0 Å². The first kappa shape index (κ1) is 24.4. The van der Waals surface area contributed by atoms with Crippen LogP contribution < -0.4 is 0 Å². The Morgan fingerprint density at radius 3 is 1.73 bits per heavy atom. The van der Waals surface area contributed by atoms with Crippen LogP contribution >= 0.6 is 0 Å². The monoisotopic (exact) mass is 478 g/mol. The minimum absolute atomic E-state index is 0.232. The van der Waals surface area contributed by atoms with Crippen LogP contribution in [0.1, 0.15) is 66.2 Å². The van der Waals surface area contributed by atoms with Gasteiger partial charge in [0.25, 0.3) is 0 Å². The van der Waals surface area contributed by atoms with E-state index in [9.17, 15) is 0 Å². The van der Waals surface area contributed by atoms with Crippen molar-refractivity contribution in [2.24, 2.45) is 17.8 Å². The Kier molecular flexibility index (Phi) is 12.0. The molecule has 0 radical (unpaired) electrons. The summed E-state index contributed by atoms with van der Waals surface area (Å²) in [5, 5.41) is 0. The number of halogens is 1. The second-order valence-electron chi connectivity index (χ2n) is 8.33. The number of hydrogen-bond donors (Lipinski definition) is 0. The Balaban J connectivity index is 3.23. The Morgan fingerprint density at radius 1 is 0.885 bits per heavy atom. The molecule has 0 spiro atoms. The summed E-state index contributed by atoms with van der Waals surface area (Å²) >= 11 is -2.96. The normalized spacial score (nSPS) is 25.3. The van der Waals surface area contributed by atoms with E-state index in [0.717, 1.165) is 5.57 Å². The summed E-state index contributed by atoms with van der Waals surface area (Å²) in [4.78, 5) is 0. The van der Waals surface area contributed by atoms with Crippen molar-refractivity contribution in [2.75, 3.05) is 27.4 Å². The number of ether oxygens (including phenoxy) is 2. The Bertz CT molecular complexity index is 403. The van der Waals surface area contributed by atoms with Gasteiger partial charge in [-0.3, -0.25) is 0 Å². The van der Waals surface area contributed by atoms with Crippen molar-refractivity contribution in [1.82, 2.24) is 0 Å². The van der Waals surface area contributed by atoms with Crippen molar-refractivity contribution >= 4 is 18.4 Å². The quantitative estimate of drug-likeness (QED) is 0.257. The molecule has 26 heavy (non-hydrogen) atoms. The van der Waals surface area contributed by atoms with Crippen molar-refractivity contribution in [3.8, 4) is 0 Å². The molecule has 0 aliphatic heterocycles. The fourth-order valence-corrected chi connectivity index (χ4v) is 20.6. The molecule has 1 fully saturated rings. The van der Waals surface area contributed by atoms with Crippen LogP contribution in [0.15, 0.2) is 9.42 Å². The molecule has 3 atom stereocenters. The van der Waals surface area contributed by atoms with E-state index < -0.39 is 18.4 Å². The van der Waals surface area contributed by atoms with Crippen LogP contribution in [0.5, 0.6) is 0 Å². The van der Waals surface area contributed by atoms with Crippen molar-refractivity contribution in [3.05, 3.63) is 9.42 Å². The SMILES string of the molecule is CCC[CH2][Sn]([CH2]CCC)([CH2]CCC)/[C](F)=C1/[C@@H](COC)[C@H](COC)[C@H]1C. The van der Waals surface area contributed by atoms with Crippen LogP contribution in [-0.4, -0.2) is 45.8 Å². The predicted octanol–water partition coefficient (Wildman–Crippen LogP) is 6.77. The molecule has 1 aliphatic rings. The van der Waals surface area contributed by atoms with E-state index in [1.54, 1.807) is 14.2 Å². The molecule has 0 amide bonds. The van der Waals surface area contributed by atoms with Gasteiger partial charge >= 0.3 is 166 Å². The van der Waals surface area contributed by atoms with Gasteiger partial charge in [-0.1, -0.05) is 0 Å². The zero-order valence-electron chi connectivity index (χ0n) is 18.2. The molecule has 1 rings (SSSR count). The molecule has 0 aromatic heterocycles. The van der Waals surface area contributed by atoms with Crippen molar-refractivity contribution < 1.29 is 13.9 Å². The maximum absolute atomic E-state index is 16.3. The van der Waals surface area contributed by atoms with E-state index in [4.69, 9.17) is 9.47 Å². The van der Waals surface area contributed by atoms with Gasteiger partial charge in [-0.05, 0) is 0 Å². The van der Waals surface area contributed by atoms with Gasteiger partial charge in [0.05, 0.1) is 0 Å². The molecular formula is C22H43FO2Sn. The first-order valence-electron chi connectivity index (χ1n) is 10.9. The van der Waals surface area contributed by atoms with Crippen LogP contribution in [-0.2, 0) is 9.47 Å². The van der Waals surface area contributed by atoms with Gasteiger partial charge in [-0.15, -0.1) is 0 Å². The maximum atomic E-state index is 16.3. The zero-order valence-corrected chi connectivity index (χ0v) is 21.1. The molecule has 0 heterocycles. The van der Waals surface area contributed by atoms with Crippen LogP contribution in [0.2, 0.25) is 13.3 Å². The van der Waals surface area contributed by atoms with Crippen molar-refractivity contribution in [1.29, 1.82) is 0 Å². The third-order valence-corrected chi connectivity index (χ3v) is 21.2. The summed E-state index contributed by atoms with van der Waals surface area (Å²) in [6.45, 7) is 10.3. The fourth-order valence-electron chi connectivity index (χ4n) is 4.79. The van der Waals surface area contributed by atoms with Gasteiger partial charge < -0.3 is 0 Å². The fraction of sp³-hybridized carbons (Fsp3) is 0.909. The van der Waals surface area contributed by atoms with Gasteiger partial charge in [-0.2, -0.15) is 0 Å². The van der Waals surface area contributed by atoms with Crippen LogP contribution in [0.4, 0.5) is 4.39 Å². The van der Waals surface area contributed by atoms with E-state index in [2.05, 4.69) is 27.7 Å². The number of methoxy groups -OCH3 is 2. The molecule has 154 valence electrons. The molecule has 0 N–H and O–H groups in total. The topological polar surface area (TPSA) is 18.5 Å². The molecule has 0 unspecified atom stereocenters. The Labute approximate surface area is 166 Å². The third-order valence-electron chi connectivity index (χ3n) is 6.50. The van der Waals surface area contributed by atoms with Gasteiger partial charge in [0.2, 0.25) is 0 Å². The molecule has 0 bridgehead atoms. The van der Waals surface area contributed by atoms with E-state index in [-0.39, 0.29) is 5.92 Å². The Morgan fingerprint density at radius 2 is 1.35 bits per heavy atom. The molecule has 4 heteroatoms. The average molecular weight is 477 g/mol. The molecule has 0 aromatic carbocycles. The van der Waals surface area contributed by atoms with E-state index in [1.807, 2.05) is 0 Å². The summed E-state index contributed by atoms with van der Waals surface area (Å²) in [5.74, 6) is 0.958. The third kappa shape index (κ3) is 5.94. The summed E-state index contributed by atoms with van der Waals surface area (Å²) in [7, 11) is 3.49. The van der Waals surface area contributed by atoms with Crippen LogP contribution in [0.25, 0.3) is 0 Å². The predicted molar refractivity (Wildman–Crippen MR) is 113 cm³/mol. The molecule has 1 saturated carbocycles. The standard InChI is InChI=1S/C10H16FO2.3C4H9.Sn/c1-7-8(4-11)10(6-13-3)9(7)5-12-2;3*1-3-4-2;/h7,9-10H,5-6H2,1-3H3;3*1,3-4H2,2H3;/t7-,9+,10+;;;;/m0..../s1. The summed E-state index contributed by atoms with van der Waals surface area (Å²) in [5.41, 5.74) is 1.13. The van der Waals surface area contributed by atoms with Gasteiger partial charge in [0, 0.05) is 0 Å².